The molecule has 22 heavy (non-hydrogen) atoms. The van der Waals surface area contributed by atoms with Crippen molar-refractivity contribution in [3.63, 3.8) is 0 Å². The number of imidazole rings is 1. The van der Waals surface area contributed by atoms with E-state index in [4.69, 9.17) is 11.6 Å². The number of nitrogens with zero attached hydrogens (tertiary/aromatic N) is 5. The molecule has 114 valence electrons. The third kappa shape index (κ3) is 2.74. The first-order valence-electron chi connectivity index (χ1n) is 7.13. The molecule has 0 bridgehead atoms. The van der Waals surface area contributed by atoms with Crippen molar-refractivity contribution < 1.29 is 0 Å². The number of anilines is 1. The first kappa shape index (κ1) is 14.7. The first-order valence-corrected chi connectivity index (χ1v) is 7.50. The number of hydrogen-bond acceptors (Lipinski definition) is 5. The highest BCUT2D eigenvalue weighted by atomic mass is 35.5. The number of aromatic nitrogens is 5. The molecule has 6 nitrogen and oxygen atoms in total. The largest absolute Gasteiger partial charge is 0.360 e. The summed E-state index contributed by atoms with van der Waals surface area (Å²) in [7, 11) is 0. The molecule has 7 heteroatoms. The molecule has 0 spiro atoms. The van der Waals surface area contributed by atoms with Crippen molar-refractivity contribution in [2.75, 3.05) is 5.32 Å². The molecule has 0 amide bonds. The van der Waals surface area contributed by atoms with Crippen LogP contribution in [0.5, 0.6) is 0 Å². The van der Waals surface area contributed by atoms with Gasteiger partial charge in [0.15, 0.2) is 11.5 Å². The van der Waals surface area contributed by atoms with Crippen molar-refractivity contribution in [3.05, 3.63) is 41.7 Å². The summed E-state index contributed by atoms with van der Waals surface area (Å²) in [5.41, 5.74) is 2.42. The lowest BCUT2D eigenvalue weighted by molar-refractivity contribution is 0.612. The lowest BCUT2D eigenvalue weighted by Gasteiger charge is -2.14. The van der Waals surface area contributed by atoms with Crippen molar-refractivity contribution in [1.29, 1.82) is 0 Å². The number of rotatable bonds is 4. The van der Waals surface area contributed by atoms with Gasteiger partial charge in [-0.25, -0.2) is 19.9 Å². The molecule has 3 aromatic rings. The average Bonchev–Trinajstić information content (AvgIpc) is 2.92. The SMILES string of the molecule is CC(Nc1ncnc2c1ncn2C(C)C)c1cccc(Cl)n1. The molecule has 0 aliphatic heterocycles. The van der Waals surface area contributed by atoms with Crippen LogP contribution in [-0.4, -0.2) is 24.5 Å². The van der Waals surface area contributed by atoms with E-state index < -0.39 is 0 Å². The summed E-state index contributed by atoms with van der Waals surface area (Å²) in [5.74, 6) is 0.693. The molecule has 1 unspecified atom stereocenters. The highest BCUT2D eigenvalue weighted by Crippen LogP contribution is 2.24. The van der Waals surface area contributed by atoms with E-state index in [1.54, 1.807) is 18.7 Å². The van der Waals surface area contributed by atoms with Gasteiger partial charge in [0.2, 0.25) is 0 Å². The maximum atomic E-state index is 5.94. The lowest BCUT2D eigenvalue weighted by Crippen LogP contribution is -2.10. The smallest absolute Gasteiger partial charge is 0.165 e. The molecule has 3 rings (SSSR count). The van der Waals surface area contributed by atoms with Crippen molar-refractivity contribution >= 4 is 28.6 Å². The Morgan fingerprint density at radius 1 is 1.14 bits per heavy atom. The lowest BCUT2D eigenvalue weighted by atomic mass is 10.2. The third-order valence-electron chi connectivity index (χ3n) is 3.45. The van der Waals surface area contributed by atoms with Gasteiger partial charge in [0.25, 0.3) is 0 Å². The highest BCUT2D eigenvalue weighted by Gasteiger charge is 2.14. The molecule has 0 aliphatic rings. The van der Waals surface area contributed by atoms with Crippen LogP contribution in [0.25, 0.3) is 11.2 Å². The average molecular weight is 317 g/mol. The van der Waals surface area contributed by atoms with E-state index in [0.29, 0.717) is 17.0 Å². The summed E-state index contributed by atoms with van der Waals surface area (Å²) in [6, 6.07) is 5.81. The zero-order chi connectivity index (χ0) is 15.7. The van der Waals surface area contributed by atoms with Gasteiger partial charge in [0.05, 0.1) is 18.1 Å². The predicted molar refractivity (Wildman–Crippen MR) is 87.0 cm³/mol. The van der Waals surface area contributed by atoms with Gasteiger partial charge < -0.3 is 9.88 Å². The van der Waals surface area contributed by atoms with E-state index >= 15 is 0 Å². The second kappa shape index (κ2) is 5.88. The Balaban J connectivity index is 1.94. The van der Waals surface area contributed by atoms with Gasteiger partial charge in [-0.15, -0.1) is 0 Å². The van der Waals surface area contributed by atoms with E-state index in [9.17, 15) is 0 Å². The molecule has 0 saturated heterocycles. The van der Waals surface area contributed by atoms with Crippen LogP contribution < -0.4 is 5.32 Å². The molecule has 0 radical (unpaired) electrons. The van der Waals surface area contributed by atoms with Crippen molar-refractivity contribution in [1.82, 2.24) is 24.5 Å². The molecule has 0 fully saturated rings. The standard InChI is InChI=1S/C15H17ClN6/c1-9(2)22-8-19-13-14(17-7-18-15(13)22)20-10(3)11-5-4-6-12(16)21-11/h4-10H,1-3H3,(H,17,18,20). The molecule has 0 saturated carbocycles. The Hall–Kier alpha value is -2.21. The summed E-state index contributed by atoms with van der Waals surface area (Å²) in [6.45, 7) is 6.19. The van der Waals surface area contributed by atoms with Gasteiger partial charge in [0.1, 0.15) is 17.0 Å². The summed E-state index contributed by atoms with van der Waals surface area (Å²) < 4.78 is 2.02. The second-order valence-electron chi connectivity index (χ2n) is 5.39. The molecule has 1 N–H and O–H groups in total. The van der Waals surface area contributed by atoms with Crippen molar-refractivity contribution in [2.45, 2.75) is 32.9 Å². The summed E-state index contributed by atoms with van der Waals surface area (Å²) >= 11 is 5.94. The number of hydrogen-bond donors (Lipinski definition) is 1. The Morgan fingerprint density at radius 3 is 2.68 bits per heavy atom. The van der Waals surface area contributed by atoms with Gasteiger partial charge >= 0.3 is 0 Å². The summed E-state index contributed by atoms with van der Waals surface area (Å²) in [6.07, 6.45) is 3.33. The molecular formula is C15H17ClN6. The second-order valence-corrected chi connectivity index (χ2v) is 5.78. The fraction of sp³-hybridized carbons (Fsp3) is 0.333. The Labute approximate surface area is 133 Å². The Bertz CT molecular complexity index is 798. The van der Waals surface area contributed by atoms with Crippen LogP contribution in [0.15, 0.2) is 30.9 Å². The zero-order valence-corrected chi connectivity index (χ0v) is 13.4. The number of pyridine rings is 1. The van der Waals surface area contributed by atoms with E-state index in [2.05, 4.69) is 39.1 Å². The van der Waals surface area contributed by atoms with Crippen LogP contribution in [0, 0.1) is 0 Å². The molecule has 3 heterocycles. The normalized spacial score (nSPS) is 12.8. The molecule has 0 aliphatic carbocycles. The topological polar surface area (TPSA) is 68.5 Å². The van der Waals surface area contributed by atoms with Gasteiger partial charge in [-0.3, -0.25) is 0 Å². The maximum Gasteiger partial charge on any atom is 0.165 e. The number of nitrogens with one attached hydrogen (secondary N) is 1. The van der Waals surface area contributed by atoms with Crippen molar-refractivity contribution in [2.24, 2.45) is 0 Å². The predicted octanol–water partition coefficient (Wildman–Crippen LogP) is 3.63. The van der Waals surface area contributed by atoms with E-state index in [1.807, 2.05) is 23.6 Å². The van der Waals surface area contributed by atoms with Gasteiger partial charge in [-0.05, 0) is 32.9 Å². The first-order chi connectivity index (χ1) is 10.6. The number of halogens is 1. The molecular weight excluding hydrogens is 300 g/mol. The highest BCUT2D eigenvalue weighted by molar-refractivity contribution is 6.29. The summed E-state index contributed by atoms with van der Waals surface area (Å²) in [5, 5.41) is 3.81. The fourth-order valence-corrected chi connectivity index (χ4v) is 2.45. The van der Waals surface area contributed by atoms with Crippen molar-refractivity contribution in [3.8, 4) is 0 Å². The summed E-state index contributed by atoms with van der Waals surface area (Å²) in [4.78, 5) is 17.4. The monoisotopic (exact) mass is 316 g/mol. The minimum Gasteiger partial charge on any atom is -0.360 e. The van der Waals surface area contributed by atoms with Crippen LogP contribution in [-0.2, 0) is 0 Å². The van der Waals surface area contributed by atoms with E-state index in [-0.39, 0.29) is 6.04 Å². The zero-order valence-electron chi connectivity index (χ0n) is 12.7. The fourth-order valence-electron chi connectivity index (χ4n) is 2.28. The minimum atomic E-state index is -0.0407. The van der Waals surface area contributed by atoms with Crippen LogP contribution in [0.1, 0.15) is 38.5 Å². The van der Waals surface area contributed by atoms with Gasteiger partial charge in [0, 0.05) is 6.04 Å². The van der Waals surface area contributed by atoms with E-state index in [0.717, 1.165) is 16.9 Å². The number of fused-ring (bicyclic) bond motifs is 1. The van der Waals surface area contributed by atoms with E-state index in [1.165, 1.54) is 0 Å². The molecule has 1 atom stereocenters. The maximum absolute atomic E-state index is 5.94. The molecule has 0 aromatic carbocycles. The van der Waals surface area contributed by atoms with Crippen LogP contribution in [0.3, 0.4) is 0 Å². The van der Waals surface area contributed by atoms with Gasteiger partial charge in [-0.1, -0.05) is 17.7 Å². The Kier molecular flexibility index (Phi) is 3.94. The van der Waals surface area contributed by atoms with Crippen LogP contribution in [0.2, 0.25) is 5.15 Å². The van der Waals surface area contributed by atoms with Crippen LogP contribution >= 0.6 is 11.6 Å². The van der Waals surface area contributed by atoms with Gasteiger partial charge in [-0.2, -0.15) is 0 Å². The van der Waals surface area contributed by atoms with Crippen LogP contribution in [0.4, 0.5) is 5.82 Å². The third-order valence-corrected chi connectivity index (χ3v) is 3.66. The Morgan fingerprint density at radius 2 is 1.95 bits per heavy atom. The quantitative estimate of drug-likeness (QED) is 0.744. The molecule has 3 aromatic heterocycles. The minimum absolute atomic E-state index is 0.0407.